The highest BCUT2D eigenvalue weighted by molar-refractivity contribution is 4.87. The molecule has 1 fully saturated rings. The SMILES string of the molecule is CCCCCCCCO[C@H]1O[C@@H](C)[C@@H](O)[C@@H](O)[C@@H]1O. The fraction of sp³-hybridized carbons (Fsp3) is 1.00. The van der Waals surface area contributed by atoms with Crippen molar-refractivity contribution in [1.82, 2.24) is 0 Å². The number of hydrogen-bond donors (Lipinski definition) is 3. The first-order chi connectivity index (χ1) is 9.07. The predicted octanol–water partition coefficient (Wildman–Crippen LogP) is 1.19. The van der Waals surface area contributed by atoms with Gasteiger partial charge in [-0.1, -0.05) is 39.0 Å². The zero-order valence-electron chi connectivity index (χ0n) is 12.0. The fourth-order valence-corrected chi connectivity index (χ4v) is 2.23. The van der Waals surface area contributed by atoms with Gasteiger partial charge in [-0.3, -0.25) is 0 Å². The normalized spacial score (nSPS) is 35.5. The first-order valence-corrected chi connectivity index (χ1v) is 7.39. The second-order valence-corrected chi connectivity index (χ2v) is 5.32. The van der Waals surface area contributed by atoms with Crippen LogP contribution < -0.4 is 0 Å². The highest BCUT2D eigenvalue weighted by Gasteiger charge is 2.42. The van der Waals surface area contributed by atoms with Gasteiger partial charge in [0.2, 0.25) is 0 Å². The molecule has 1 saturated heterocycles. The zero-order chi connectivity index (χ0) is 14.3. The Morgan fingerprint density at radius 1 is 0.895 bits per heavy atom. The van der Waals surface area contributed by atoms with E-state index in [0.29, 0.717) is 6.61 Å². The maximum absolute atomic E-state index is 9.74. The van der Waals surface area contributed by atoms with Crippen molar-refractivity contribution in [1.29, 1.82) is 0 Å². The van der Waals surface area contributed by atoms with E-state index in [9.17, 15) is 15.3 Å². The third-order valence-electron chi connectivity index (χ3n) is 3.59. The molecule has 0 aliphatic carbocycles. The Kier molecular flexibility index (Phi) is 7.87. The molecule has 5 atom stereocenters. The minimum atomic E-state index is -1.21. The molecule has 114 valence electrons. The minimum absolute atomic E-state index is 0.503. The average molecular weight is 276 g/mol. The molecule has 0 amide bonds. The molecule has 0 spiro atoms. The summed E-state index contributed by atoms with van der Waals surface area (Å²) in [6.45, 7) is 4.34. The van der Waals surface area contributed by atoms with Crippen LogP contribution in [0.1, 0.15) is 52.4 Å². The van der Waals surface area contributed by atoms with Crippen LogP contribution in [0.4, 0.5) is 0 Å². The Bertz CT molecular complexity index is 236. The highest BCUT2D eigenvalue weighted by Crippen LogP contribution is 2.22. The molecular weight excluding hydrogens is 248 g/mol. The van der Waals surface area contributed by atoms with Crippen LogP contribution in [-0.2, 0) is 9.47 Å². The summed E-state index contributed by atoms with van der Waals surface area (Å²) >= 11 is 0. The third kappa shape index (κ3) is 5.36. The molecule has 0 aromatic rings. The van der Waals surface area contributed by atoms with Crippen molar-refractivity contribution in [3.05, 3.63) is 0 Å². The number of aliphatic hydroxyl groups excluding tert-OH is 3. The van der Waals surface area contributed by atoms with Crippen LogP contribution in [0.3, 0.4) is 0 Å². The van der Waals surface area contributed by atoms with E-state index in [4.69, 9.17) is 9.47 Å². The Labute approximate surface area is 115 Å². The van der Waals surface area contributed by atoms with E-state index in [-0.39, 0.29) is 0 Å². The maximum atomic E-state index is 9.74. The van der Waals surface area contributed by atoms with E-state index in [1.54, 1.807) is 6.92 Å². The highest BCUT2D eigenvalue weighted by atomic mass is 16.7. The topological polar surface area (TPSA) is 79.2 Å². The molecule has 1 heterocycles. The van der Waals surface area contributed by atoms with Gasteiger partial charge in [0.05, 0.1) is 6.10 Å². The quantitative estimate of drug-likeness (QED) is 0.580. The molecule has 0 aromatic heterocycles. The van der Waals surface area contributed by atoms with Crippen molar-refractivity contribution in [3.63, 3.8) is 0 Å². The van der Waals surface area contributed by atoms with Gasteiger partial charge in [0.1, 0.15) is 18.3 Å². The lowest BCUT2D eigenvalue weighted by molar-refractivity contribution is -0.293. The second-order valence-electron chi connectivity index (χ2n) is 5.32. The number of aliphatic hydroxyl groups is 3. The Morgan fingerprint density at radius 2 is 1.53 bits per heavy atom. The number of unbranched alkanes of at least 4 members (excludes halogenated alkanes) is 5. The third-order valence-corrected chi connectivity index (χ3v) is 3.59. The van der Waals surface area contributed by atoms with Crippen molar-refractivity contribution < 1.29 is 24.8 Å². The van der Waals surface area contributed by atoms with Gasteiger partial charge in [0, 0.05) is 6.61 Å². The summed E-state index contributed by atoms with van der Waals surface area (Å²) in [6, 6.07) is 0. The summed E-state index contributed by atoms with van der Waals surface area (Å²) < 4.78 is 10.8. The van der Waals surface area contributed by atoms with Crippen molar-refractivity contribution in [2.24, 2.45) is 0 Å². The lowest BCUT2D eigenvalue weighted by Gasteiger charge is -2.38. The Hall–Kier alpha value is -0.200. The van der Waals surface area contributed by atoms with E-state index in [1.165, 1.54) is 25.7 Å². The van der Waals surface area contributed by atoms with Gasteiger partial charge in [-0.15, -0.1) is 0 Å². The van der Waals surface area contributed by atoms with E-state index >= 15 is 0 Å². The summed E-state index contributed by atoms with van der Waals surface area (Å²) in [5.74, 6) is 0. The smallest absolute Gasteiger partial charge is 0.186 e. The number of ether oxygens (including phenoxy) is 2. The van der Waals surface area contributed by atoms with Crippen molar-refractivity contribution in [3.8, 4) is 0 Å². The molecule has 0 aromatic carbocycles. The summed E-state index contributed by atoms with van der Waals surface area (Å²) in [6.07, 6.45) is 2.13. The first kappa shape index (κ1) is 16.9. The Balaban J connectivity index is 2.15. The van der Waals surface area contributed by atoms with Gasteiger partial charge in [0.15, 0.2) is 6.29 Å². The van der Waals surface area contributed by atoms with Crippen LogP contribution in [-0.4, -0.2) is 52.6 Å². The molecule has 1 aliphatic heterocycles. The van der Waals surface area contributed by atoms with E-state index in [0.717, 1.165) is 12.8 Å². The van der Waals surface area contributed by atoms with Crippen molar-refractivity contribution in [2.75, 3.05) is 6.61 Å². The largest absolute Gasteiger partial charge is 0.388 e. The number of hydrogen-bond acceptors (Lipinski definition) is 5. The fourth-order valence-electron chi connectivity index (χ4n) is 2.23. The summed E-state index contributed by atoms with van der Waals surface area (Å²) in [4.78, 5) is 0. The van der Waals surface area contributed by atoms with Gasteiger partial charge < -0.3 is 24.8 Å². The van der Waals surface area contributed by atoms with Gasteiger partial charge in [0.25, 0.3) is 0 Å². The van der Waals surface area contributed by atoms with Crippen LogP contribution >= 0.6 is 0 Å². The van der Waals surface area contributed by atoms with E-state index < -0.39 is 30.7 Å². The molecule has 0 saturated carbocycles. The average Bonchev–Trinajstić information content (AvgIpc) is 2.41. The standard InChI is InChI=1S/C14H28O5/c1-3-4-5-6-7-8-9-18-14-13(17)12(16)11(15)10(2)19-14/h10-17H,3-9H2,1-2H3/t10-,11+,12+,13-,14-/m0/s1. The summed E-state index contributed by atoms with van der Waals surface area (Å²) in [5, 5.41) is 28.9. The first-order valence-electron chi connectivity index (χ1n) is 7.39. The van der Waals surface area contributed by atoms with E-state index in [1.807, 2.05) is 0 Å². The molecule has 1 rings (SSSR count). The van der Waals surface area contributed by atoms with Crippen molar-refractivity contribution in [2.45, 2.75) is 83.1 Å². The lowest BCUT2D eigenvalue weighted by Crippen LogP contribution is -2.57. The van der Waals surface area contributed by atoms with Gasteiger partial charge in [-0.25, -0.2) is 0 Å². The lowest BCUT2D eigenvalue weighted by atomic mass is 10.00. The van der Waals surface area contributed by atoms with Crippen LogP contribution in [0.5, 0.6) is 0 Å². The molecule has 19 heavy (non-hydrogen) atoms. The second kappa shape index (κ2) is 8.87. The van der Waals surface area contributed by atoms with Gasteiger partial charge >= 0.3 is 0 Å². The van der Waals surface area contributed by atoms with Crippen LogP contribution in [0.2, 0.25) is 0 Å². The Morgan fingerprint density at radius 3 is 2.21 bits per heavy atom. The van der Waals surface area contributed by atoms with Crippen LogP contribution in [0.25, 0.3) is 0 Å². The summed E-state index contributed by atoms with van der Waals surface area (Å²) in [7, 11) is 0. The molecule has 0 bridgehead atoms. The minimum Gasteiger partial charge on any atom is -0.388 e. The predicted molar refractivity (Wildman–Crippen MR) is 71.7 cm³/mol. The molecular formula is C14H28O5. The van der Waals surface area contributed by atoms with Gasteiger partial charge in [-0.05, 0) is 13.3 Å². The van der Waals surface area contributed by atoms with Gasteiger partial charge in [-0.2, -0.15) is 0 Å². The molecule has 5 nitrogen and oxygen atoms in total. The summed E-state index contributed by atoms with van der Waals surface area (Å²) in [5.41, 5.74) is 0. The molecule has 1 aliphatic rings. The monoisotopic (exact) mass is 276 g/mol. The molecule has 3 N–H and O–H groups in total. The zero-order valence-corrected chi connectivity index (χ0v) is 12.0. The molecule has 0 radical (unpaired) electrons. The maximum Gasteiger partial charge on any atom is 0.186 e. The van der Waals surface area contributed by atoms with Crippen molar-refractivity contribution >= 4 is 0 Å². The van der Waals surface area contributed by atoms with E-state index in [2.05, 4.69) is 6.92 Å². The van der Waals surface area contributed by atoms with Crippen LogP contribution in [0, 0.1) is 0 Å². The number of rotatable bonds is 8. The molecule has 5 heteroatoms. The molecule has 0 unspecified atom stereocenters. The van der Waals surface area contributed by atoms with Crippen LogP contribution in [0.15, 0.2) is 0 Å².